The van der Waals surface area contributed by atoms with Gasteiger partial charge in [-0.05, 0) is 157 Å². The van der Waals surface area contributed by atoms with Crippen LogP contribution in [0.1, 0.15) is 38.5 Å². The maximum atomic E-state index is 13.2. The molecule has 498 valence electrons. The van der Waals surface area contributed by atoms with Gasteiger partial charge in [0, 0.05) is 114 Å². The lowest BCUT2D eigenvalue weighted by Gasteiger charge is -2.22. The van der Waals surface area contributed by atoms with E-state index in [1.165, 1.54) is 54.6 Å². The van der Waals surface area contributed by atoms with Gasteiger partial charge >= 0.3 is 30.3 Å². The third-order valence-electron chi connectivity index (χ3n) is 18.6. The highest BCUT2D eigenvalue weighted by Crippen LogP contribution is 2.39. The van der Waals surface area contributed by atoms with Gasteiger partial charge in [-0.25, -0.2) is 37.1 Å². The average Bonchev–Trinajstić information content (AvgIpc) is 1.73. The molecule has 7 N–H and O–H groups in total. The number of aliphatic hydroxyl groups is 1. The summed E-state index contributed by atoms with van der Waals surface area (Å²) in [4.78, 5) is 93.2. The van der Waals surface area contributed by atoms with E-state index in [1.807, 2.05) is 6.07 Å². The van der Waals surface area contributed by atoms with E-state index in [2.05, 4.69) is 21.3 Å². The average molecular weight is 1310 g/mol. The Labute approximate surface area is 544 Å². The Bertz CT molecular complexity index is 3820. The number of nitrogens with zero attached hydrogens (tertiary/aromatic N) is 7. The molecule has 15 rings (SSSR count). The first-order valence-corrected chi connectivity index (χ1v) is 32.0. The van der Waals surface area contributed by atoms with Crippen LogP contribution in [-0.2, 0) is 9.47 Å². The van der Waals surface area contributed by atoms with E-state index >= 15 is 0 Å². The Morgan fingerprint density at radius 1 is 0.432 bits per heavy atom. The molecule has 6 aliphatic heterocycles. The number of carbonyl (C=O) groups excluding carboxylic acids is 5. The van der Waals surface area contributed by atoms with Gasteiger partial charge in [0.25, 0.3) is 11.4 Å². The van der Waals surface area contributed by atoms with Crippen molar-refractivity contribution in [3.63, 3.8) is 0 Å². The van der Waals surface area contributed by atoms with Crippen LogP contribution >= 0.6 is 0 Å². The molecule has 0 bridgehead atoms. The maximum Gasteiger partial charge on any atom is 0.410 e. The van der Waals surface area contributed by atoms with Crippen molar-refractivity contribution >= 4 is 64.4 Å². The van der Waals surface area contributed by atoms with Crippen molar-refractivity contribution in [2.75, 3.05) is 100 Å². The zero-order chi connectivity index (χ0) is 66.6. The molecular weight excluding hydrogens is 1230 g/mol. The van der Waals surface area contributed by atoms with Gasteiger partial charge in [0.2, 0.25) is 0 Å². The summed E-state index contributed by atoms with van der Waals surface area (Å²) in [5.74, 6) is 0.683. The predicted octanol–water partition coefficient (Wildman–Crippen LogP) is 11.1. The molecule has 0 spiro atoms. The zero-order valence-corrected chi connectivity index (χ0v) is 51.8. The number of nitro benzene ring substituents is 2. The summed E-state index contributed by atoms with van der Waals surface area (Å²) in [6, 6.07) is 31.1. The van der Waals surface area contributed by atoms with E-state index in [1.54, 1.807) is 91.2 Å². The largest absolute Gasteiger partial charge is 0.446 e. The minimum Gasteiger partial charge on any atom is -0.446 e. The number of nitrogen functional groups attached to an aromatic ring is 1. The summed E-state index contributed by atoms with van der Waals surface area (Å²) < 4.78 is 50.3. The van der Waals surface area contributed by atoms with Gasteiger partial charge in [0.1, 0.15) is 41.0 Å². The molecule has 6 aromatic rings. The molecule has 6 heterocycles. The van der Waals surface area contributed by atoms with Crippen LogP contribution in [0.2, 0.25) is 0 Å². The molecule has 0 aromatic heterocycles. The number of anilines is 4. The summed E-state index contributed by atoms with van der Waals surface area (Å²) in [6.45, 7) is 7.56. The van der Waals surface area contributed by atoms with Crippen LogP contribution < -0.4 is 27.0 Å². The molecule has 6 unspecified atom stereocenters. The van der Waals surface area contributed by atoms with E-state index in [0.29, 0.717) is 111 Å². The van der Waals surface area contributed by atoms with Crippen molar-refractivity contribution in [3.05, 3.63) is 165 Å². The molecule has 6 aromatic carbocycles. The van der Waals surface area contributed by atoms with Crippen LogP contribution in [0.5, 0.6) is 0 Å². The quantitative estimate of drug-likeness (QED) is 0.0422. The van der Waals surface area contributed by atoms with E-state index in [4.69, 9.17) is 20.3 Å². The number of benzene rings is 6. The number of fused-ring (bicyclic) bond motifs is 3. The van der Waals surface area contributed by atoms with Crippen LogP contribution in [0, 0.1) is 73.2 Å². The Morgan fingerprint density at radius 2 is 0.716 bits per heavy atom. The van der Waals surface area contributed by atoms with Crippen LogP contribution in [0.3, 0.4) is 0 Å². The fourth-order valence-corrected chi connectivity index (χ4v) is 12.8. The molecule has 0 radical (unpaired) electrons. The molecule has 9 fully saturated rings. The number of hydrogen-bond donors (Lipinski definition) is 6. The topological polar surface area (TPSA) is 301 Å². The lowest BCUT2D eigenvalue weighted by Crippen LogP contribution is -2.38. The minimum absolute atomic E-state index is 0.0571. The number of halogens is 3. The van der Waals surface area contributed by atoms with Crippen molar-refractivity contribution in [3.8, 4) is 33.4 Å². The maximum absolute atomic E-state index is 13.2. The predicted molar refractivity (Wildman–Crippen MR) is 346 cm³/mol. The summed E-state index contributed by atoms with van der Waals surface area (Å²) in [7, 11) is 0. The number of aliphatic hydroxyl groups excluding tert-OH is 1. The van der Waals surface area contributed by atoms with E-state index in [0.717, 1.165) is 62.7 Å². The molecule has 27 heteroatoms. The second-order valence-electron chi connectivity index (χ2n) is 25.7. The van der Waals surface area contributed by atoms with E-state index in [-0.39, 0.29) is 106 Å². The molecular formula is C68H73F3N12O12. The number of amides is 8. The highest BCUT2D eigenvalue weighted by molar-refractivity contribution is 5.96. The Balaban J connectivity index is 0.000000133. The highest BCUT2D eigenvalue weighted by Gasteiger charge is 2.46. The standard InChI is InChI=1S/C23H23FN4O5.C23H25FN4O3.C19H19FN4O3.C3H6O/c24-18-4-1-14(2-5-18)15-3-8-21(28(31)32)20(9-15)25-22(29)26-10-16-12-27(13-17(16)11-26)23(30)33-19-6-7-19;24-18-4-1-14(2-5-18)15-3-8-20(25)21(9-15)26-22(29)27-10-16-12-28(13-17(16)11-27)23(30)31-19-6-7-19;20-16-4-1-12(2-5-16)13-3-6-18(24(26)27)17(7-13)22-19(25)23-10-14-8-21-9-15(14)11-23;4-3-1-2-3/h1-5,8-9,16-17,19H,6-7,10-13H2,(H,25,29);1-5,8-9,16-17,19H,6-7,10-13,25H2,(H,26,29);1-7,14-15,21H,8-11H2,(H,22,25);3-4H,1-2H2. The third kappa shape index (κ3) is 16.3. The van der Waals surface area contributed by atoms with Crippen molar-refractivity contribution < 1.29 is 61.6 Å². The fourth-order valence-electron chi connectivity index (χ4n) is 12.8. The van der Waals surface area contributed by atoms with Crippen LogP contribution in [0.4, 0.5) is 71.3 Å². The summed E-state index contributed by atoms with van der Waals surface area (Å²) in [6.07, 6.45) is 5.60. The molecule has 24 nitrogen and oxygen atoms in total. The monoisotopic (exact) mass is 1310 g/mol. The first-order chi connectivity index (χ1) is 45.7. The Hall–Kier alpha value is -10.0. The lowest BCUT2D eigenvalue weighted by atomic mass is 10.0. The molecule has 6 saturated heterocycles. The van der Waals surface area contributed by atoms with Gasteiger partial charge in [-0.15, -0.1) is 0 Å². The first kappa shape index (κ1) is 65.1. The van der Waals surface area contributed by atoms with Crippen molar-refractivity contribution in [2.45, 2.75) is 56.8 Å². The molecule has 3 saturated carbocycles. The highest BCUT2D eigenvalue weighted by atomic mass is 19.1. The molecule has 8 amide bonds. The van der Waals surface area contributed by atoms with Crippen LogP contribution in [-0.4, -0.2) is 167 Å². The number of nitrogens with one attached hydrogen (secondary N) is 4. The fraction of sp³-hybridized carbons (Fsp3) is 0.397. The number of nitrogens with two attached hydrogens (primary N) is 1. The number of likely N-dealkylation sites (tertiary alicyclic amines) is 5. The number of carbonyl (C=O) groups is 5. The van der Waals surface area contributed by atoms with Crippen molar-refractivity contribution in [2.24, 2.45) is 35.5 Å². The van der Waals surface area contributed by atoms with Gasteiger partial charge in [-0.1, -0.05) is 42.5 Å². The summed E-state index contributed by atoms with van der Waals surface area (Å²) in [5.41, 5.74) is 11.3. The van der Waals surface area contributed by atoms with Crippen LogP contribution in [0.15, 0.2) is 127 Å². The number of hydrogen-bond acceptors (Lipinski definition) is 14. The molecule has 9 aliphatic rings. The van der Waals surface area contributed by atoms with Gasteiger partial charge in [0.05, 0.1) is 27.3 Å². The third-order valence-corrected chi connectivity index (χ3v) is 18.6. The molecule has 3 aliphatic carbocycles. The number of ether oxygens (including phenoxy) is 2. The van der Waals surface area contributed by atoms with Crippen LogP contribution in [0.25, 0.3) is 33.4 Å². The van der Waals surface area contributed by atoms with Gasteiger partial charge < -0.3 is 66.1 Å². The normalized spacial score (nSPS) is 21.9. The van der Waals surface area contributed by atoms with E-state index in [9.17, 15) is 57.4 Å². The number of nitro groups is 2. The smallest absolute Gasteiger partial charge is 0.410 e. The zero-order valence-electron chi connectivity index (χ0n) is 51.8. The number of urea groups is 3. The summed E-state index contributed by atoms with van der Waals surface area (Å²) in [5, 5.41) is 42.6. The molecule has 95 heavy (non-hydrogen) atoms. The lowest BCUT2D eigenvalue weighted by molar-refractivity contribution is -0.384. The first-order valence-electron chi connectivity index (χ1n) is 32.0. The summed E-state index contributed by atoms with van der Waals surface area (Å²) >= 11 is 0. The SMILES string of the molecule is Nc1ccc(-c2ccc(F)cc2)cc1NC(=O)N1CC2CN(C(=O)OC3CC3)CC2C1.O=C(Nc1cc(-c2ccc(F)cc2)ccc1[N+](=O)[O-])N1CC2CN(C(=O)OC3CC3)CC2C1.O=C(Nc1cc(-c2ccc(F)cc2)ccc1[N+](=O)[O-])N1CC2CNCC2C1.OC1CC1. The van der Waals surface area contributed by atoms with Gasteiger partial charge in [-0.3, -0.25) is 20.2 Å². The molecule has 6 atom stereocenters. The minimum atomic E-state index is -0.549. The van der Waals surface area contributed by atoms with E-state index < -0.39 is 15.9 Å². The Kier molecular flexibility index (Phi) is 19.4. The van der Waals surface area contributed by atoms with Gasteiger partial charge in [0.15, 0.2) is 0 Å². The van der Waals surface area contributed by atoms with Crippen molar-refractivity contribution in [1.29, 1.82) is 0 Å². The second kappa shape index (κ2) is 28.3. The Morgan fingerprint density at radius 3 is 1.03 bits per heavy atom. The van der Waals surface area contributed by atoms with Crippen molar-refractivity contribution in [1.82, 2.24) is 29.8 Å². The second-order valence-corrected chi connectivity index (χ2v) is 25.7. The van der Waals surface area contributed by atoms with Gasteiger partial charge in [-0.2, -0.15) is 0 Å². The number of rotatable bonds is 10.